The molecule has 0 spiro atoms. The molecule has 1 rings (SSSR count). The standard InChI is InChI=1S/C13H15FO2/c1-10(2)13(15)16-9-5-7-11-6-3-4-8-12(11)14/h3-4,6,8H,1,5,7,9H2,2H3. The molecule has 86 valence electrons. The van der Waals surface area contributed by atoms with Gasteiger partial charge in [-0.1, -0.05) is 24.8 Å². The molecule has 1 aromatic rings. The van der Waals surface area contributed by atoms with Gasteiger partial charge in [-0.15, -0.1) is 0 Å². The Morgan fingerprint density at radius 3 is 2.75 bits per heavy atom. The van der Waals surface area contributed by atoms with E-state index in [-0.39, 0.29) is 5.82 Å². The zero-order chi connectivity index (χ0) is 12.0. The highest BCUT2D eigenvalue weighted by molar-refractivity contribution is 5.86. The first kappa shape index (κ1) is 12.4. The van der Waals surface area contributed by atoms with Crippen molar-refractivity contribution in [3.63, 3.8) is 0 Å². The van der Waals surface area contributed by atoms with Crippen LogP contribution < -0.4 is 0 Å². The number of ether oxygens (including phenoxy) is 1. The summed E-state index contributed by atoms with van der Waals surface area (Å²) in [6.45, 7) is 5.36. The van der Waals surface area contributed by atoms with E-state index in [4.69, 9.17) is 4.74 Å². The summed E-state index contributed by atoms with van der Waals surface area (Å²) < 4.78 is 18.1. The Hall–Kier alpha value is -1.64. The molecule has 0 aliphatic rings. The summed E-state index contributed by atoms with van der Waals surface area (Å²) in [5.74, 6) is -0.609. The third-order valence-electron chi connectivity index (χ3n) is 2.13. The fourth-order valence-electron chi connectivity index (χ4n) is 1.25. The third kappa shape index (κ3) is 3.85. The Labute approximate surface area is 94.7 Å². The van der Waals surface area contributed by atoms with Crippen molar-refractivity contribution in [2.75, 3.05) is 6.61 Å². The maximum atomic E-state index is 13.2. The first-order valence-electron chi connectivity index (χ1n) is 5.17. The minimum atomic E-state index is -0.395. The highest BCUT2D eigenvalue weighted by Crippen LogP contribution is 2.08. The summed E-state index contributed by atoms with van der Waals surface area (Å²) in [4.78, 5) is 11.0. The van der Waals surface area contributed by atoms with Crippen LogP contribution in [0.5, 0.6) is 0 Å². The van der Waals surface area contributed by atoms with E-state index in [0.29, 0.717) is 30.6 Å². The van der Waals surface area contributed by atoms with E-state index in [2.05, 4.69) is 6.58 Å². The molecule has 0 atom stereocenters. The number of esters is 1. The second-order valence-electron chi connectivity index (χ2n) is 3.61. The number of aryl methyl sites for hydroxylation is 1. The van der Waals surface area contributed by atoms with Crippen molar-refractivity contribution in [3.05, 3.63) is 47.8 Å². The molecule has 3 heteroatoms. The van der Waals surface area contributed by atoms with Gasteiger partial charge >= 0.3 is 5.97 Å². The summed E-state index contributed by atoms with van der Waals surface area (Å²) in [6.07, 6.45) is 1.18. The number of carbonyl (C=O) groups is 1. The maximum absolute atomic E-state index is 13.2. The van der Waals surface area contributed by atoms with Crippen LogP contribution in [0.25, 0.3) is 0 Å². The Morgan fingerprint density at radius 2 is 2.12 bits per heavy atom. The summed E-state index contributed by atoms with van der Waals surface area (Å²) in [7, 11) is 0. The van der Waals surface area contributed by atoms with Crippen molar-refractivity contribution in [1.82, 2.24) is 0 Å². The summed E-state index contributed by atoms with van der Waals surface area (Å²) in [5, 5.41) is 0. The van der Waals surface area contributed by atoms with Crippen molar-refractivity contribution in [2.45, 2.75) is 19.8 Å². The summed E-state index contributed by atoms with van der Waals surface area (Å²) in [5.41, 5.74) is 1.03. The molecule has 0 aromatic heterocycles. The number of hydrogen-bond acceptors (Lipinski definition) is 2. The molecular weight excluding hydrogens is 207 g/mol. The highest BCUT2D eigenvalue weighted by Gasteiger charge is 2.03. The zero-order valence-corrected chi connectivity index (χ0v) is 9.33. The minimum Gasteiger partial charge on any atom is -0.462 e. The molecule has 0 fully saturated rings. The van der Waals surface area contributed by atoms with Crippen LogP contribution in [-0.2, 0) is 16.0 Å². The molecule has 0 unspecified atom stereocenters. The Morgan fingerprint density at radius 1 is 1.44 bits per heavy atom. The van der Waals surface area contributed by atoms with Crippen LogP contribution in [0.4, 0.5) is 4.39 Å². The van der Waals surface area contributed by atoms with Crippen molar-refractivity contribution in [3.8, 4) is 0 Å². The lowest BCUT2D eigenvalue weighted by molar-refractivity contribution is -0.139. The first-order valence-corrected chi connectivity index (χ1v) is 5.17. The second-order valence-corrected chi connectivity index (χ2v) is 3.61. The zero-order valence-electron chi connectivity index (χ0n) is 9.33. The van der Waals surface area contributed by atoms with Gasteiger partial charge in [0.15, 0.2) is 0 Å². The highest BCUT2D eigenvalue weighted by atomic mass is 19.1. The van der Waals surface area contributed by atoms with Crippen LogP contribution in [-0.4, -0.2) is 12.6 Å². The number of rotatable bonds is 5. The molecule has 0 aliphatic carbocycles. The van der Waals surface area contributed by atoms with Gasteiger partial charge in [-0.25, -0.2) is 9.18 Å². The van der Waals surface area contributed by atoms with Gasteiger partial charge < -0.3 is 4.74 Å². The number of hydrogen-bond donors (Lipinski definition) is 0. The van der Waals surface area contributed by atoms with Gasteiger partial charge in [0.1, 0.15) is 5.82 Å². The first-order chi connectivity index (χ1) is 7.61. The SMILES string of the molecule is C=C(C)C(=O)OCCCc1ccccc1F. The monoisotopic (exact) mass is 222 g/mol. The van der Waals surface area contributed by atoms with Gasteiger partial charge in [0, 0.05) is 5.57 Å². The van der Waals surface area contributed by atoms with Crippen LogP contribution >= 0.6 is 0 Å². The molecule has 16 heavy (non-hydrogen) atoms. The van der Waals surface area contributed by atoms with Crippen molar-refractivity contribution in [1.29, 1.82) is 0 Å². The molecule has 0 bridgehead atoms. The lowest BCUT2D eigenvalue weighted by Gasteiger charge is -2.05. The van der Waals surface area contributed by atoms with E-state index in [1.807, 2.05) is 0 Å². The topological polar surface area (TPSA) is 26.3 Å². The van der Waals surface area contributed by atoms with Crippen LogP contribution in [0.2, 0.25) is 0 Å². The van der Waals surface area contributed by atoms with E-state index < -0.39 is 5.97 Å². The predicted molar refractivity (Wildman–Crippen MR) is 60.5 cm³/mol. The third-order valence-corrected chi connectivity index (χ3v) is 2.13. The molecule has 1 aromatic carbocycles. The van der Waals surface area contributed by atoms with Crippen LogP contribution in [0.3, 0.4) is 0 Å². The summed E-state index contributed by atoms with van der Waals surface area (Å²) >= 11 is 0. The largest absolute Gasteiger partial charge is 0.462 e. The Balaban J connectivity index is 2.29. The summed E-state index contributed by atoms with van der Waals surface area (Å²) in [6, 6.07) is 6.60. The predicted octanol–water partition coefficient (Wildman–Crippen LogP) is 2.88. The molecule has 0 N–H and O–H groups in total. The van der Waals surface area contributed by atoms with Gasteiger partial charge in [0.2, 0.25) is 0 Å². The van der Waals surface area contributed by atoms with E-state index in [9.17, 15) is 9.18 Å². The number of carbonyl (C=O) groups excluding carboxylic acids is 1. The van der Waals surface area contributed by atoms with Gasteiger partial charge in [-0.05, 0) is 31.4 Å². The smallest absolute Gasteiger partial charge is 0.333 e. The van der Waals surface area contributed by atoms with Crippen LogP contribution in [0, 0.1) is 5.82 Å². The number of benzene rings is 1. The maximum Gasteiger partial charge on any atom is 0.333 e. The van der Waals surface area contributed by atoms with E-state index in [0.717, 1.165) is 0 Å². The van der Waals surface area contributed by atoms with Crippen molar-refractivity contribution < 1.29 is 13.9 Å². The molecule has 0 amide bonds. The fourth-order valence-corrected chi connectivity index (χ4v) is 1.25. The molecule has 0 heterocycles. The Kier molecular flexibility index (Phi) is 4.70. The van der Waals surface area contributed by atoms with Crippen LogP contribution in [0.1, 0.15) is 18.9 Å². The lowest BCUT2D eigenvalue weighted by Crippen LogP contribution is -2.07. The quantitative estimate of drug-likeness (QED) is 0.435. The average molecular weight is 222 g/mol. The van der Waals surface area contributed by atoms with Crippen LogP contribution in [0.15, 0.2) is 36.4 Å². The second kappa shape index (κ2) is 6.05. The molecule has 0 aliphatic heterocycles. The Bertz CT molecular complexity index is 385. The molecule has 2 nitrogen and oxygen atoms in total. The van der Waals surface area contributed by atoms with E-state index in [1.54, 1.807) is 25.1 Å². The average Bonchev–Trinajstić information content (AvgIpc) is 2.26. The fraction of sp³-hybridized carbons (Fsp3) is 0.308. The molecule has 0 radical (unpaired) electrons. The molecular formula is C13H15FO2. The minimum absolute atomic E-state index is 0.214. The normalized spacial score (nSPS) is 9.88. The van der Waals surface area contributed by atoms with Gasteiger partial charge in [0.05, 0.1) is 6.61 Å². The lowest BCUT2D eigenvalue weighted by atomic mass is 10.1. The van der Waals surface area contributed by atoms with Crippen molar-refractivity contribution >= 4 is 5.97 Å². The van der Waals surface area contributed by atoms with E-state index in [1.165, 1.54) is 6.07 Å². The molecule has 0 saturated carbocycles. The van der Waals surface area contributed by atoms with E-state index >= 15 is 0 Å². The van der Waals surface area contributed by atoms with Crippen molar-refractivity contribution in [2.24, 2.45) is 0 Å². The van der Waals surface area contributed by atoms with Gasteiger partial charge in [-0.2, -0.15) is 0 Å². The number of halogens is 1. The molecule has 0 saturated heterocycles. The van der Waals surface area contributed by atoms with Gasteiger partial charge in [0.25, 0.3) is 0 Å². The van der Waals surface area contributed by atoms with Gasteiger partial charge in [-0.3, -0.25) is 0 Å².